The van der Waals surface area contributed by atoms with Crippen molar-refractivity contribution in [3.8, 4) is 22.6 Å². The van der Waals surface area contributed by atoms with E-state index in [1.807, 2.05) is 6.07 Å². The molecule has 3 fully saturated rings. The first-order valence-corrected chi connectivity index (χ1v) is 21.4. The van der Waals surface area contributed by atoms with Gasteiger partial charge in [0.05, 0.1) is 44.0 Å². The van der Waals surface area contributed by atoms with Crippen molar-refractivity contribution in [3.05, 3.63) is 74.7 Å². The number of benzene rings is 2. The molecule has 3 saturated heterocycles. The summed E-state index contributed by atoms with van der Waals surface area (Å²) in [4.78, 5) is 86.1. The van der Waals surface area contributed by atoms with E-state index in [4.69, 9.17) is 13.6 Å². The fraction of sp³-hybridized carbons (Fsp3) is 0.511. The smallest absolute Gasteiger partial charge is 0.317 e. The number of nitrogens with one attached hydrogen (secondary N) is 2. The average molecular weight is 876 g/mol. The van der Waals surface area contributed by atoms with Crippen LogP contribution in [0.25, 0.3) is 11.1 Å². The number of anilines is 1. The predicted molar refractivity (Wildman–Crippen MR) is 228 cm³/mol. The number of halogens is 2. The molecule has 2 aromatic carbocycles. The molecule has 63 heavy (non-hydrogen) atoms. The molecule has 0 spiro atoms. The van der Waals surface area contributed by atoms with Crippen LogP contribution in [0, 0.1) is 5.92 Å². The number of imide groups is 2. The van der Waals surface area contributed by atoms with E-state index in [9.17, 15) is 37.5 Å². The number of amides is 6. The molecule has 1 aromatic heterocycles. The molecular weight excluding hydrogens is 819 g/mol. The number of hydrogen-bond acceptors (Lipinski definition) is 11. The number of urea groups is 1. The molecule has 18 heteroatoms. The minimum Gasteiger partial charge on any atom is -0.496 e. The monoisotopic (exact) mass is 875 g/mol. The number of aromatic nitrogens is 1. The van der Waals surface area contributed by atoms with Gasteiger partial charge in [0.15, 0.2) is 0 Å². The van der Waals surface area contributed by atoms with Gasteiger partial charge in [-0.1, -0.05) is 0 Å². The number of carbonyl (C=O) groups excluding carboxylic acids is 5. The van der Waals surface area contributed by atoms with Crippen molar-refractivity contribution in [3.63, 3.8) is 0 Å². The van der Waals surface area contributed by atoms with Crippen molar-refractivity contribution in [2.75, 3.05) is 78.0 Å². The van der Waals surface area contributed by atoms with Crippen LogP contribution in [0.2, 0.25) is 0 Å². The van der Waals surface area contributed by atoms with Crippen LogP contribution in [0.5, 0.6) is 11.5 Å². The molecule has 6 amide bonds. The summed E-state index contributed by atoms with van der Waals surface area (Å²) in [5.41, 5.74) is 3.14. The van der Waals surface area contributed by atoms with Crippen LogP contribution in [-0.4, -0.2) is 139 Å². The fourth-order valence-corrected chi connectivity index (χ4v) is 9.56. The zero-order valence-corrected chi connectivity index (χ0v) is 35.4. The molecule has 336 valence electrons. The molecule has 0 aliphatic carbocycles. The molecule has 1 atom stereocenters. The summed E-state index contributed by atoms with van der Waals surface area (Å²) in [5, 5.41) is 4.39. The van der Waals surface area contributed by atoms with Crippen LogP contribution in [0.1, 0.15) is 73.6 Å². The van der Waals surface area contributed by atoms with Crippen molar-refractivity contribution in [1.29, 1.82) is 0 Å². The quantitative estimate of drug-likeness (QED) is 0.257. The van der Waals surface area contributed by atoms with Crippen molar-refractivity contribution in [2.45, 2.75) is 64.1 Å². The zero-order valence-electron chi connectivity index (χ0n) is 38.4. The number of methoxy groups -OCH3 is 2. The van der Waals surface area contributed by atoms with Crippen LogP contribution in [0.3, 0.4) is 0 Å². The fourth-order valence-electron chi connectivity index (χ4n) is 9.56. The SMILES string of the molecule is [2H]C([2H])([2H])n1cc(-c2cc(OC)c(CN3CCN(CCC4CCN(c5ccc6c(c5)C(=O)N(C5CCC(=O)NC5=O)C6=O)CC4)CC3)c(OC)c2)c2c(c1=O)CN(C(=O)NCC(F)F)CC2. The van der Waals surface area contributed by atoms with E-state index < -0.39 is 61.2 Å². The second-order valence-electron chi connectivity index (χ2n) is 16.8. The maximum atomic E-state index is 13.5. The molecule has 0 radical (unpaired) electrons. The van der Waals surface area contributed by atoms with Crippen molar-refractivity contribution in [2.24, 2.45) is 12.9 Å². The number of fused-ring (bicyclic) bond motifs is 2. The third-order valence-electron chi connectivity index (χ3n) is 13.1. The van der Waals surface area contributed by atoms with Gasteiger partial charge in [0.1, 0.15) is 17.5 Å². The molecule has 5 aliphatic heterocycles. The van der Waals surface area contributed by atoms with E-state index >= 15 is 0 Å². The lowest BCUT2D eigenvalue weighted by atomic mass is 9.91. The van der Waals surface area contributed by atoms with Gasteiger partial charge in [0.2, 0.25) is 11.8 Å². The average Bonchev–Trinajstić information content (AvgIpc) is 3.55. The highest BCUT2D eigenvalue weighted by Gasteiger charge is 2.45. The third-order valence-corrected chi connectivity index (χ3v) is 13.1. The van der Waals surface area contributed by atoms with E-state index in [-0.39, 0.29) is 49.0 Å². The number of hydrogen-bond donors (Lipinski definition) is 2. The summed E-state index contributed by atoms with van der Waals surface area (Å²) in [6, 6.07) is 7.10. The van der Waals surface area contributed by atoms with Gasteiger partial charge >= 0.3 is 6.03 Å². The Hall–Kier alpha value is -5.88. The number of piperazine rings is 1. The molecule has 16 nitrogen and oxygen atoms in total. The van der Waals surface area contributed by atoms with Gasteiger partial charge in [0.25, 0.3) is 23.8 Å². The Balaban J connectivity index is 0.863. The topological polar surface area (TPSA) is 166 Å². The van der Waals surface area contributed by atoms with E-state index in [2.05, 4.69) is 25.3 Å². The molecule has 5 aliphatic rings. The number of carbonyl (C=O) groups is 5. The Bertz CT molecular complexity index is 2450. The number of alkyl halides is 2. The van der Waals surface area contributed by atoms with Crippen LogP contribution < -0.4 is 30.6 Å². The second-order valence-corrected chi connectivity index (χ2v) is 16.8. The highest BCUT2D eigenvalue weighted by Crippen LogP contribution is 2.39. The molecule has 0 bridgehead atoms. The zero-order chi connectivity index (χ0) is 47.0. The van der Waals surface area contributed by atoms with E-state index in [0.29, 0.717) is 45.2 Å². The van der Waals surface area contributed by atoms with Gasteiger partial charge in [-0.2, -0.15) is 0 Å². The molecule has 6 heterocycles. The summed E-state index contributed by atoms with van der Waals surface area (Å²) >= 11 is 0. The molecule has 3 aromatic rings. The van der Waals surface area contributed by atoms with E-state index in [1.54, 1.807) is 38.5 Å². The van der Waals surface area contributed by atoms with Gasteiger partial charge in [-0.25, -0.2) is 13.6 Å². The van der Waals surface area contributed by atoms with Crippen LogP contribution in [0.15, 0.2) is 41.3 Å². The van der Waals surface area contributed by atoms with Crippen molar-refractivity contribution < 1.29 is 46.3 Å². The highest BCUT2D eigenvalue weighted by atomic mass is 19.3. The molecule has 1 unspecified atom stereocenters. The lowest BCUT2D eigenvalue weighted by Gasteiger charge is -2.37. The first-order valence-electron chi connectivity index (χ1n) is 22.9. The van der Waals surface area contributed by atoms with Gasteiger partial charge in [-0.05, 0) is 86.0 Å². The summed E-state index contributed by atoms with van der Waals surface area (Å²) < 4.78 is 62.4. The van der Waals surface area contributed by atoms with Crippen molar-refractivity contribution >= 4 is 35.3 Å². The summed E-state index contributed by atoms with van der Waals surface area (Å²) in [5.74, 6) is -0.479. The maximum Gasteiger partial charge on any atom is 0.317 e. The standard InChI is InChI=1S/C45H54F2N8O8/c1-50-24-33(30-11-15-54(26-34(30)42(50)58)45(61)48-23-39(46)47)28-20-37(62-2)35(38(21-28)63-3)25-52-18-16-51(17-19-52)12-8-27-9-13-53(14-10-27)29-4-5-31-32(22-29)44(60)55(43(31)59)36-6-7-40(56)49-41(36)57/h4-5,20-22,24,27,36,39H,6-19,23,25-26H2,1-3H3,(H,48,61)(H,49,56,57)/i1D3. The number of ether oxygens (including phenoxy) is 2. The highest BCUT2D eigenvalue weighted by molar-refractivity contribution is 6.23. The first kappa shape index (κ1) is 39.9. The summed E-state index contributed by atoms with van der Waals surface area (Å²) in [6.45, 7) is 2.70. The van der Waals surface area contributed by atoms with E-state index in [0.717, 1.165) is 81.2 Å². The Labute approximate surface area is 368 Å². The molecule has 8 rings (SSSR count). The number of aryl methyl sites for hydroxylation is 1. The largest absolute Gasteiger partial charge is 0.496 e. The molecule has 2 N–H and O–H groups in total. The van der Waals surface area contributed by atoms with Gasteiger partial charge < -0.3 is 34.1 Å². The van der Waals surface area contributed by atoms with Crippen molar-refractivity contribution in [1.82, 2.24) is 34.8 Å². The lowest BCUT2D eigenvalue weighted by Crippen LogP contribution is -2.54. The number of piperidine rings is 2. The second kappa shape index (κ2) is 18.5. The number of pyridine rings is 1. The minimum atomic E-state index is -2.83. The Morgan fingerprint density at radius 2 is 1.56 bits per heavy atom. The van der Waals surface area contributed by atoms with Crippen LogP contribution in [0.4, 0.5) is 19.3 Å². The Morgan fingerprint density at radius 3 is 2.22 bits per heavy atom. The maximum absolute atomic E-state index is 13.5. The third kappa shape index (κ3) is 9.00. The molecular formula is C45H54F2N8O8. The lowest BCUT2D eigenvalue weighted by molar-refractivity contribution is -0.136. The first-order chi connectivity index (χ1) is 31.5. The van der Waals surface area contributed by atoms with Gasteiger partial charge in [-0.15, -0.1) is 0 Å². The Morgan fingerprint density at radius 1 is 0.857 bits per heavy atom. The normalized spacial score (nSPS) is 20.9. The number of rotatable bonds is 12. The Kier molecular flexibility index (Phi) is 11.7. The van der Waals surface area contributed by atoms with E-state index in [1.165, 1.54) is 11.1 Å². The summed E-state index contributed by atoms with van der Waals surface area (Å²) in [6.07, 6.45) is 1.96. The van der Waals surface area contributed by atoms with Gasteiger partial charge in [0, 0.05) is 92.9 Å². The van der Waals surface area contributed by atoms with Crippen LogP contribution in [-0.2, 0) is 36.1 Å². The van der Waals surface area contributed by atoms with Gasteiger partial charge in [-0.3, -0.25) is 39.1 Å². The minimum absolute atomic E-state index is 0.0690. The number of nitrogens with zero attached hydrogens (tertiary/aromatic N) is 6. The predicted octanol–water partition coefficient (Wildman–Crippen LogP) is 3.23. The van der Waals surface area contributed by atoms with Crippen LogP contribution >= 0.6 is 0 Å². The summed E-state index contributed by atoms with van der Waals surface area (Å²) in [7, 11) is 3.10. The molecule has 0 saturated carbocycles.